The van der Waals surface area contributed by atoms with Crippen LogP contribution in [0.3, 0.4) is 0 Å². The molecule has 0 radical (unpaired) electrons. The summed E-state index contributed by atoms with van der Waals surface area (Å²) in [7, 11) is 1.40. The molecule has 1 aromatic heterocycles. The van der Waals surface area contributed by atoms with E-state index in [1.807, 2.05) is 0 Å². The van der Waals surface area contributed by atoms with Gasteiger partial charge < -0.3 is 24.9 Å². The van der Waals surface area contributed by atoms with E-state index in [9.17, 15) is 14.3 Å². The van der Waals surface area contributed by atoms with Crippen LogP contribution in [0.1, 0.15) is 17.4 Å². The number of furan rings is 1. The molecule has 0 aliphatic heterocycles. The lowest BCUT2D eigenvalue weighted by atomic mass is 10.1. The molecule has 0 spiro atoms. The molecule has 0 aliphatic carbocycles. The molecule has 2 aromatic rings. The highest BCUT2D eigenvalue weighted by Crippen LogP contribution is 2.18. The Balaban J connectivity index is 1.70. The number of hydrogen-bond acceptors (Lipinski definition) is 4. The number of rotatable bonds is 7. The minimum Gasteiger partial charge on any atom is -0.494 e. The highest BCUT2D eigenvalue weighted by Gasteiger charge is 2.11. The van der Waals surface area contributed by atoms with Crippen LogP contribution in [-0.4, -0.2) is 31.3 Å². The van der Waals surface area contributed by atoms with Gasteiger partial charge in [-0.25, -0.2) is 9.18 Å². The van der Waals surface area contributed by atoms with Gasteiger partial charge in [-0.15, -0.1) is 0 Å². The molecule has 3 N–H and O–H groups in total. The molecule has 2 amide bonds. The maximum atomic E-state index is 13.3. The first kappa shape index (κ1) is 16.8. The zero-order valence-corrected chi connectivity index (χ0v) is 12.7. The first-order valence-electron chi connectivity index (χ1n) is 7.15. The number of aliphatic hydroxyl groups excluding tert-OH is 1. The van der Waals surface area contributed by atoms with Crippen molar-refractivity contribution in [3.63, 3.8) is 0 Å². The van der Waals surface area contributed by atoms with E-state index in [1.165, 1.54) is 19.4 Å². The number of methoxy groups -OCH3 is 1. The lowest BCUT2D eigenvalue weighted by Crippen LogP contribution is -2.38. The summed E-state index contributed by atoms with van der Waals surface area (Å²) in [5, 5.41) is 15.0. The number of benzene rings is 1. The second-order valence-electron chi connectivity index (χ2n) is 4.89. The molecule has 0 aliphatic rings. The fourth-order valence-electron chi connectivity index (χ4n) is 2.01. The van der Waals surface area contributed by atoms with Crippen molar-refractivity contribution in [3.8, 4) is 5.75 Å². The Kier molecular flexibility index (Phi) is 5.99. The number of aliphatic hydroxyl groups is 1. The van der Waals surface area contributed by atoms with Crippen LogP contribution < -0.4 is 15.4 Å². The van der Waals surface area contributed by atoms with Gasteiger partial charge in [0.1, 0.15) is 11.9 Å². The lowest BCUT2D eigenvalue weighted by Gasteiger charge is -2.11. The third kappa shape index (κ3) is 5.00. The number of carbonyl (C=O) groups is 1. The summed E-state index contributed by atoms with van der Waals surface area (Å²) in [6, 6.07) is 7.45. The SMILES string of the molecule is COc1cc(CCNC(=O)NCC(O)c2ccco2)ccc1F. The van der Waals surface area contributed by atoms with Gasteiger partial charge in [-0.2, -0.15) is 0 Å². The van der Waals surface area contributed by atoms with Crippen molar-refractivity contribution in [2.75, 3.05) is 20.2 Å². The van der Waals surface area contributed by atoms with Gasteiger partial charge in [-0.1, -0.05) is 6.07 Å². The van der Waals surface area contributed by atoms with E-state index in [2.05, 4.69) is 10.6 Å². The molecule has 124 valence electrons. The van der Waals surface area contributed by atoms with E-state index in [1.54, 1.807) is 24.3 Å². The Labute approximate surface area is 133 Å². The van der Waals surface area contributed by atoms with E-state index in [4.69, 9.17) is 9.15 Å². The number of amides is 2. The van der Waals surface area contributed by atoms with Gasteiger partial charge in [-0.3, -0.25) is 0 Å². The second kappa shape index (κ2) is 8.19. The Hall–Kier alpha value is -2.54. The normalized spacial score (nSPS) is 11.8. The van der Waals surface area contributed by atoms with Crippen LogP contribution in [0, 0.1) is 5.82 Å². The summed E-state index contributed by atoms with van der Waals surface area (Å²) in [4.78, 5) is 11.6. The van der Waals surface area contributed by atoms with Gasteiger partial charge in [-0.05, 0) is 36.2 Å². The molecule has 6 nitrogen and oxygen atoms in total. The van der Waals surface area contributed by atoms with Crippen molar-refractivity contribution < 1.29 is 23.4 Å². The molecule has 1 aromatic carbocycles. The number of urea groups is 1. The largest absolute Gasteiger partial charge is 0.494 e. The molecule has 7 heteroatoms. The van der Waals surface area contributed by atoms with Crippen molar-refractivity contribution in [2.24, 2.45) is 0 Å². The number of nitrogens with one attached hydrogen (secondary N) is 2. The van der Waals surface area contributed by atoms with Crippen LogP contribution in [0.25, 0.3) is 0 Å². The van der Waals surface area contributed by atoms with Crippen LogP contribution in [0.15, 0.2) is 41.0 Å². The van der Waals surface area contributed by atoms with Crippen LogP contribution in [0.4, 0.5) is 9.18 Å². The van der Waals surface area contributed by atoms with Crippen LogP contribution in [0.5, 0.6) is 5.75 Å². The number of carbonyl (C=O) groups excluding carboxylic acids is 1. The Morgan fingerprint density at radius 2 is 2.22 bits per heavy atom. The number of hydrogen-bond donors (Lipinski definition) is 3. The summed E-state index contributed by atoms with van der Waals surface area (Å²) >= 11 is 0. The zero-order chi connectivity index (χ0) is 16.7. The van der Waals surface area contributed by atoms with Gasteiger partial charge >= 0.3 is 6.03 Å². The van der Waals surface area contributed by atoms with Crippen molar-refractivity contribution >= 4 is 6.03 Å². The molecule has 0 bridgehead atoms. The molecule has 1 heterocycles. The van der Waals surface area contributed by atoms with Gasteiger partial charge in [0.05, 0.1) is 19.9 Å². The highest BCUT2D eigenvalue weighted by molar-refractivity contribution is 5.73. The van der Waals surface area contributed by atoms with Crippen molar-refractivity contribution in [2.45, 2.75) is 12.5 Å². The minimum absolute atomic E-state index is 0.0454. The number of ether oxygens (including phenoxy) is 1. The molecule has 0 fully saturated rings. The highest BCUT2D eigenvalue weighted by atomic mass is 19.1. The monoisotopic (exact) mass is 322 g/mol. The van der Waals surface area contributed by atoms with Crippen LogP contribution in [0.2, 0.25) is 0 Å². The Bertz CT molecular complexity index is 631. The van der Waals surface area contributed by atoms with Crippen LogP contribution in [-0.2, 0) is 6.42 Å². The van der Waals surface area contributed by atoms with Gasteiger partial charge in [0.15, 0.2) is 11.6 Å². The standard InChI is InChI=1S/C16H19FN2O4/c1-22-15-9-11(4-5-12(15)17)6-7-18-16(21)19-10-13(20)14-3-2-8-23-14/h2-5,8-9,13,20H,6-7,10H2,1H3,(H2,18,19,21). The van der Waals surface area contributed by atoms with E-state index in [0.717, 1.165) is 5.56 Å². The molecular formula is C16H19FN2O4. The topological polar surface area (TPSA) is 83.7 Å². The first-order chi connectivity index (χ1) is 11.1. The summed E-state index contributed by atoms with van der Waals surface area (Å²) in [6.07, 6.45) is 1.09. The van der Waals surface area contributed by atoms with Crippen molar-refractivity contribution in [3.05, 3.63) is 53.7 Å². The van der Waals surface area contributed by atoms with E-state index >= 15 is 0 Å². The molecule has 1 unspecified atom stereocenters. The second-order valence-corrected chi connectivity index (χ2v) is 4.89. The zero-order valence-electron chi connectivity index (χ0n) is 12.7. The Morgan fingerprint density at radius 1 is 1.39 bits per heavy atom. The van der Waals surface area contributed by atoms with Crippen LogP contribution >= 0.6 is 0 Å². The fraction of sp³-hybridized carbons (Fsp3) is 0.312. The molecule has 2 rings (SSSR count). The van der Waals surface area contributed by atoms with E-state index < -0.39 is 18.0 Å². The Morgan fingerprint density at radius 3 is 2.91 bits per heavy atom. The van der Waals surface area contributed by atoms with E-state index in [0.29, 0.717) is 18.7 Å². The molecule has 0 saturated carbocycles. The summed E-state index contributed by atoms with van der Waals surface area (Å²) in [6.45, 7) is 0.418. The quantitative estimate of drug-likeness (QED) is 0.728. The average Bonchev–Trinajstić information content (AvgIpc) is 3.08. The summed E-state index contributed by atoms with van der Waals surface area (Å²) in [5.74, 6) is 0.145. The maximum absolute atomic E-state index is 13.3. The lowest BCUT2D eigenvalue weighted by molar-refractivity contribution is 0.148. The van der Waals surface area contributed by atoms with Gasteiger partial charge in [0.2, 0.25) is 0 Å². The summed E-state index contributed by atoms with van der Waals surface area (Å²) < 4.78 is 23.2. The molecular weight excluding hydrogens is 303 g/mol. The minimum atomic E-state index is -0.892. The van der Waals surface area contributed by atoms with Gasteiger partial charge in [0.25, 0.3) is 0 Å². The number of halogens is 1. The molecule has 23 heavy (non-hydrogen) atoms. The summed E-state index contributed by atoms with van der Waals surface area (Å²) in [5.41, 5.74) is 0.846. The predicted molar refractivity (Wildman–Crippen MR) is 81.7 cm³/mol. The average molecular weight is 322 g/mol. The predicted octanol–water partition coefficient (Wildman–Crippen LogP) is 2.00. The first-order valence-corrected chi connectivity index (χ1v) is 7.15. The van der Waals surface area contributed by atoms with E-state index in [-0.39, 0.29) is 12.3 Å². The van der Waals surface area contributed by atoms with Gasteiger partial charge in [0, 0.05) is 6.54 Å². The maximum Gasteiger partial charge on any atom is 0.314 e. The van der Waals surface area contributed by atoms with Crippen molar-refractivity contribution in [1.82, 2.24) is 10.6 Å². The molecule has 1 atom stereocenters. The smallest absolute Gasteiger partial charge is 0.314 e. The fourth-order valence-corrected chi connectivity index (χ4v) is 2.01. The molecule has 0 saturated heterocycles. The van der Waals surface area contributed by atoms with Crippen molar-refractivity contribution in [1.29, 1.82) is 0 Å². The third-order valence-electron chi connectivity index (χ3n) is 3.24. The third-order valence-corrected chi connectivity index (χ3v) is 3.24.